The number of ether oxygens (including phenoxy) is 2. The maximum absolute atomic E-state index is 12.7. The first-order valence-corrected chi connectivity index (χ1v) is 15.7. The summed E-state index contributed by atoms with van der Waals surface area (Å²) in [5, 5.41) is 11.6. The van der Waals surface area contributed by atoms with E-state index in [1.165, 1.54) is 32.3 Å². The Hall–Kier alpha value is -5.61. The molecule has 4 aromatic rings. The number of halogens is 1. The molecule has 0 unspecified atom stereocenters. The Morgan fingerprint density at radius 2 is 1.45 bits per heavy atom. The van der Waals surface area contributed by atoms with E-state index in [2.05, 4.69) is 43.1 Å². The number of carbonyl (C=O) groups is 4. The molecular weight excluding hydrogens is 648 g/mol. The molecule has 4 rings (SSSR count). The number of ketones is 2. The number of hydrogen-bond donors (Lipinski definition) is 4. The van der Waals surface area contributed by atoms with Crippen molar-refractivity contribution in [2.75, 3.05) is 55.5 Å². The average Bonchev–Trinajstić information content (AvgIpc) is 3.08. The number of rotatable bonds is 15. The van der Waals surface area contributed by atoms with Gasteiger partial charge in [0.15, 0.2) is 11.6 Å². The van der Waals surface area contributed by atoms with E-state index in [0.717, 1.165) is 0 Å². The number of hydrogen-bond acceptors (Lipinski definition) is 9. The van der Waals surface area contributed by atoms with Crippen molar-refractivity contribution in [2.45, 2.75) is 13.8 Å². The zero-order valence-electron chi connectivity index (χ0n) is 27.0. The highest BCUT2D eigenvalue weighted by Crippen LogP contribution is 2.21. The van der Waals surface area contributed by atoms with Gasteiger partial charge in [0.2, 0.25) is 0 Å². The summed E-state index contributed by atoms with van der Waals surface area (Å²) < 4.78 is 11.1. The maximum Gasteiger partial charge on any atom is 0.323 e. The topological polar surface area (TPSA) is 161 Å². The summed E-state index contributed by atoms with van der Waals surface area (Å²) in [6.07, 6.45) is 3.02. The Morgan fingerprint density at radius 1 is 0.755 bits per heavy atom. The number of amides is 3. The maximum atomic E-state index is 12.7. The third kappa shape index (κ3) is 11.9. The SMILES string of the molecule is CC(=O)c1cccc(NCCOCCOCCNC(=O)c2cccc(C#Cc3cc(NC(=O)Nc4ccnc(Cl)c4)ccn3)c2)c1C(C)=O. The standard InChI is InChI=1S/C36H35ClN6O6/c1-24(44)31-7-4-8-32(34(31)25(2)45)39-15-17-48-19-20-49-18-16-41-35(46)27-6-3-5-26(21-27)9-10-28-22-29(11-13-38-28)42-36(47)43-30-12-14-40-33(37)23-30/h3-8,11-14,21-23,39H,15-20H2,1-2H3,(H,41,46)(H2,38,40,42,43,47). The number of Topliss-reactive ketones (excluding diaryl/α,β-unsaturated/α-hetero) is 2. The van der Waals surface area contributed by atoms with E-state index in [1.807, 2.05) is 0 Å². The monoisotopic (exact) mass is 682 g/mol. The minimum atomic E-state index is -0.464. The summed E-state index contributed by atoms with van der Waals surface area (Å²) in [6.45, 7) is 5.00. The Balaban J connectivity index is 1.14. The van der Waals surface area contributed by atoms with E-state index in [1.54, 1.807) is 60.7 Å². The van der Waals surface area contributed by atoms with E-state index in [-0.39, 0.29) is 22.6 Å². The van der Waals surface area contributed by atoms with Gasteiger partial charge in [0.25, 0.3) is 5.91 Å². The molecule has 0 radical (unpaired) electrons. The molecule has 0 fully saturated rings. The van der Waals surface area contributed by atoms with Gasteiger partial charge in [-0.3, -0.25) is 14.4 Å². The average molecular weight is 683 g/mol. The van der Waals surface area contributed by atoms with Crippen LogP contribution in [0.1, 0.15) is 56.2 Å². The molecule has 252 valence electrons. The molecule has 13 heteroatoms. The molecule has 4 N–H and O–H groups in total. The molecule has 49 heavy (non-hydrogen) atoms. The lowest BCUT2D eigenvalue weighted by Crippen LogP contribution is -2.27. The molecule has 0 atom stereocenters. The van der Waals surface area contributed by atoms with Gasteiger partial charge in [0.05, 0.1) is 32.0 Å². The van der Waals surface area contributed by atoms with Gasteiger partial charge >= 0.3 is 6.03 Å². The summed E-state index contributed by atoms with van der Waals surface area (Å²) in [4.78, 5) is 57.0. The van der Waals surface area contributed by atoms with Crippen molar-refractivity contribution in [1.29, 1.82) is 0 Å². The molecule has 2 aromatic heterocycles. The highest BCUT2D eigenvalue weighted by Gasteiger charge is 2.15. The molecule has 0 saturated carbocycles. The smallest absolute Gasteiger partial charge is 0.323 e. The first kappa shape index (κ1) is 36.2. The molecular formula is C36H35ClN6O6. The summed E-state index contributed by atoms with van der Waals surface area (Å²) in [5.74, 6) is 5.34. The molecule has 0 bridgehead atoms. The van der Waals surface area contributed by atoms with Crippen molar-refractivity contribution in [2.24, 2.45) is 0 Å². The van der Waals surface area contributed by atoms with Crippen LogP contribution < -0.4 is 21.3 Å². The van der Waals surface area contributed by atoms with E-state index >= 15 is 0 Å². The lowest BCUT2D eigenvalue weighted by atomic mass is 9.99. The third-order valence-electron chi connectivity index (χ3n) is 6.72. The van der Waals surface area contributed by atoms with Gasteiger partial charge < -0.3 is 30.7 Å². The molecule has 0 aliphatic carbocycles. The molecule has 0 spiro atoms. The van der Waals surface area contributed by atoms with Crippen molar-refractivity contribution in [3.8, 4) is 11.8 Å². The quantitative estimate of drug-likeness (QED) is 0.0553. The van der Waals surface area contributed by atoms with Crippen molar-refractivity contribution < 1.29 is 28.7 Å². The van der Waals surface area contributed by atoms with Crippen molar-refractivity contribution >= 4 is 52.2 Å². The third-order valence-corrected chi connectivity index (χ3v) is 6.93. The van der Waals surface area contributed by atoms with Gasteiger partial charge in [-0.1, -0.05) is 35.7 Å². The summed E-state index contributed by atoms with van der Waals surface area (Å²) in [6, 6.07) is 18.0. The second-order valence-corrected chi connectivity index (χ2v) is 10.8. The van der Waals surface area contributed by atoms with Gasteiger partial charge in [-0.2, -0.15) is 0 Å². The van der Waals surface area contributed by atoms with Crippen LogP contribution in [0.25, 0.3) is 0 Å². The van der Waals surface area contributed by atoms with Gasteiger partial charge in [0, 0.05) is 59.2 Å². The largest absolute Gasteiger partial charge is 0.382 e. The predicted molar refractivity (Wildman–Crippen MR) is 187 cm³/mol. The molecule has 2 aromatic carbocycles. The van der Waals surface area contributed by atoms with Crippen LogP contribution in [0.2, 0.25) is 5.15 Å². The number of anilines is 3. The van der Waals surface area contributed by atoms with Crippen LogP contribution in [0.4, 0.5) is 21.9 Å². The molecule has 0 aliphatic rings. The second kappa shape index (κ2) is 18.7. The first-order valence-electron chi connectivity index (χ1n) is 15.3. The highest BCUT2D eigenvalue weighted by molar-refractivity contribution is 6.29. The van der Waals surface area contributed by atoms with Crippen molar-refractivity contribution in [3.63, 3.8) is 0 Å². The van der Waals surface area contributed by atoms with Crippen LogP contribution >= 0.6 is 11.6 Å². The number of nitrogens with zero attached hydrogens (tertiary/aromatic N) is 2. The number of urea groups is 1. The number of pyridine rings is 2. The zero-order valence-corrected chi connectivity index (χ0v) is 27.7. The van der Waals surface area contributed by atoms with Crippen LogP contribution in [0.5, 0.6) is 0 Å². The van der Waals surface area contributed by atoms with Gasteiger partial charge in [0.1, 0.15) is 10.8 Å². The van der Waals surface area contributed by atoms with Crippen LogP contribution in [-0.4, -0.2) is 73.0 Å². The fourth-order valence-corrected chi connectivity index (χ4v) is 4.69. The molecule has 2 heterocycles. The molecule has 12 nitrogen and oxygen atoms in total. The number of nitrogens with one attached hydrogen (secondary N) is 4. The number of carbonyl (C=O) groups excluding carboxylic acids is 4. The Labute approximate surface area is 289 Å². The summed E-state index contributed by atoms with van der Waals surface area (Å²) in [7, 11) is 0. The first-order chi connectivity index (χ1) is 23.7. The lowest BCUT2D eigenvalue weighted by Gasteiger charge is -2.13. The Kier molecular flexibility index (Phi) is 13.8. The van der Waals surface area contributed by atoms with E-state index in [4.69, 9.17) is 21.1 Å². The van der Waals surface area contributed by atoms with Gasteiger partial charge in [-0.05, 0) is 68.3 Å². The fourth-order valence-electron chi connectivity index (χ4n) is 4.52. The van der Waals surface area contributed by atoms with E-state index in [9.17, 15) is 19.2 Å². The highest BCUT2D eigenvalue weighted by atomic mass is 35.5. The van der Waals surface area contributed by atoms with Crippen molar-refractivity contribution in [1.82, 2.24) is 15.3 Å². The van der Waals surface area contributed by atoms with Crippen LogP contribution in [0.15, 0.2) is 79.1 Å². The van der Waals surface area contributed by atoms with Crippen LogP contribution in [0.3, 0.4) is 0 Å². The minimum absolute atomic E-state index is 0.166. The van der Waals surface area contributed by atoms with E-state index in [0.29, 0.717) is 84.5 Å². The predicted octanol–water partition coefficient (Wildman–Crippen LogP) is 5.45. The zero-order chi connectivity index (χ0) is 35.0. The summed E-state index contributed by atoms with van der Waals surface area (Å²) in [5.41, 5.74) is 3.85. The van der Waals surface area contributed by atoms with Crippen molar-refractivity contribution in [3.05, 3.63) is 112 Å². The van der Waals surface area contributed by atoms with Gasteiger partial charge in [-0.15, -0.1) is 0 Å². The molecule has 0 aliphatic heterocycles. The second-order valence-electron chi connectivity index (χ2n) is 10.5. The van der Waals surface area contributed by atoms with Crippen LogP contribution in [-0.2, 0) is 9.47 Å². The molecule has 0 saturated heterocycles. The Morgan fingerprint density at radius 3 is 2.16 bits per heavy atom. The summed E-state index contributed by atoms with van der Waals surface area (Å²) >= 11 is 5.86. The molecule has 3 amide bonds. The normalized spacial score (nSPS) is 10.3. The minimum Gasteiger partial charge on any atom is -0.382 e. The Bertz CT molecular complexity index is 1870. The van der Waals surface area contributed by atoms with Gasteiger partial charge in [-0.25, -0.2) is 14.8 Å². The van der Waals surface area contributed by atoms with Crippen LogP contribution in [0, 0.1) is 11.8 Å². The number of aromatic nitrogens is 2. The van der Waals surface area contributed by atoms with E-state index < -0.39 is 6.03 Å². The fraction of sp³-hybridized carbons (Fsp3) is 0.222. The lowest BCUT2D eigenvalue weighted by molar-refractivity contribution is 0.0519. The number of benzene rings is 2.